The number of nitrogens with one attached hydrogen (secondary N) is 1. The number of hydrogen-bond donors (Lipinski definition) is 1. The molecule has 1 amide bonds. The van der Waals surface area contributed by atoms with Gasteiger partial charge in [-0.05, 0) is 28.5 Å². The topological polar surface area (TPSA) is 68.3 Å². The lowest BCUT2D eigenvalue weighted by Crippen LogP contribution is -2.20. The molecule has 0 fully saturated rings. The van der Waals surface area contributed by atoms with Gasteiger partial charge in [0, 0.05) is 17.5 Å². The van der Waals surface area contributed by atoms with Gasteiger partial charge in [0.15, 0.2) is 18.0 Å². The first-order chi connectivity index (χ1) is 14.2. The summed E-state index contributed by atoms with van der Waals surface area (Å²) in [6, 6.07) is 21.3. The molecule has 0 aliphatic carbocycles. The number of thiazole rings is 1. The van der Waals surface area contributed by atoms with Crippen LogP contribution in [0.2, 0.25) is 0 Å². The monoisotopic (exact) mass is 402 g/mol. The first kappa shape index (κ1) is 18.8. The summed E-state index contributed by atoms with van der Waals surface area (Å²) < 4.78 is 5.45. The summed E-state index contributed by atoms with van der Waals surface area (Å²) in [4.78, 5) is 28.5. The van der Waals surface area contributed by atoms with E-state index in [4.69, 9.17) is 4.74 Å². The zero-order chi connectivity index (χ0) is 20.1. The van der Waals surface area contributed by atoms with Crippen molar-refractivity contribution in [3.8, 4) is 5.75 Å². The van der Waals surface area contributed by atoms with E-state index < -0.39 is 0 Å². The van der Waals surface area contributed by atoms with Gasteiger partial charge in [-0.25, -0.2) is 4.98 Å². The van der Waals surface area contributed by atoms with Crippen molar-refractivity contribution in [3.63, 3.8) is 0 Å². The average Bonchev–Trinajstić information content (AvgIpc) is 3.19. The predicted octanol–water partition coefficient (Wildman–Crippen LogP) is 4.72. The summed E-state index contributed by atoms with van der Waals surface area (Å²) in [7, 11) is 0. The molecule has 0 unspecified atom stereocenters. The molecule has 0 radical (unpaired) electrons. The molecule has 1 aromatic heterocycles. The van der Waals surface area contributed by atoms with E-state index in [0.29, 0.717) is 22.7 Å². The first-order valence-corrected chi connectivity index (χ1v) is 9.93. The number of para-hydroxylation sites is 1. The van der Waals surface area contributed by atoms with Crippen LogP contribution in [-0.4, -0.2) is 23.8 Å². The lowest BCUT2D eigenvalue weighted by Gasteiger charge is -2.07. The van der Waals surface area contributed by atoms with E-state index in [1.165, 1.54) is 27.7 Å². The molecule has 0 spiro atoms. The molecule has 0 atom stereocenters. The summed E-state index contributed by atoms with van der Waals surface area (Å²) in [5.41, 5.74) is 1.63. The number of anilines is 1. The smallest absolute Gasteiger partial charge is 0.264 e. The third-order valence-electron chi connectivity index (χ3n) is 4.45. The van der Waals surface area contributed by atoms with Gasteiger partial charge >= 0.3 is 0 Å². The number of rotatable bonds is 7. The van der Waals surface area contributed by atoms with E-state index in [2.05, 4.69) is 40.6 Å². The lowest BCUT2D eigenvalue weighted by molar-refractivity contribution is -0.118. The van der Waals surface area contributed by atoms with Crippen LogP contribution < -0.4 is 10.1 Å². The molecule has 3 aromatic carbocycles. The Kier molecular flexibility index (Phi) is 5.63. The molecule has 0 bridgehead atoms. The van der Waals surface area contributed by atoms with Crippen molar-refractivity contribution in [2.24, 2.45) is 0 Å². The highest BCUT2D eigenvalue weighted by molar-refractivity contribution is 7.15. The van der Waals surface area contributed by atoms with Crippen molar-refractivity contribution < 1.29 is 14.3 Å². The molecule has 0 aliphatic rings. The fourth-order valence-electron chi connectivity index (χ4n) is 3.09. The van der Waals surface area contributed by atoms with Gasteiger partial charge in [-0.1, -0.05) is 54.6 Å². The maximum absolute atomic E-state index is 12.2. The maximum Gasteiger partial charge on any atom is 0.264 e. The summed E-state index contributed by atoms with van der Waals surface area (Å²) in [5.74, 6) is 0.0604. The van der Waals surface area contributed by atoms with Crippen LogP contribution >= 0.6 is 11.3 Å². The standard InChI is InChI=1S/C23H18N2O3S/c26-14-18-7-2-4-11-21(18)28-15-22(27)25-23-24-13-19(29-23)12-17-9-5-8-16-6-1-3-10-20(16)17/h1-11,13-14H,12,15H2,(H,24,25,27). The second-order valence-corrected chi connectivity index (χ2v) is 7.55. The maximum atomic E-state index is 12.2. The van der Waals surface area contributed by atoms with Crippen LogP contribution in [0.15, 0.2) is 72.9 Å². The highest BCUT2D eigenvalue weighted by Crippen LogP contribution is 2.25. The fourth-order valence-corrected chi connectivity index (χ4v) is 3.94. The Labute approximate surface area is 172 Å². The molecule has 6 heteroatoms. The van der Waals surface area contributed by atoms with Crippen molar-refractivity contribution in [2.45, 2.75) is 6.42 Å². The molecule has 1 N–H and O–H groups in total. The Balaban J connectivity index is 1.39. The van der Waals surface area contributed by atoms with E-state index in [1.54, 1.807) is 30.5 Å². The van der Waals surface area contributed by atoms with Gasteiger partial charge in [0.25, 0.3) is 5.91 Å². The van der Waals surface area contributed by atoms with Crippen LogP contribution in [0.4, 0.5) is 5.13 Å². The third-order valence-corrected chi connectivity index (χ3v) is 5.36. The van der Waals surface area contributed by atoms with E-state index in [0.717, 1.165) is 11.3 Å². The number of benzene rings is 3. The highest BCUT2D eigenvalue weighted by atomic mass is 32.1. The normalized spacial score (nSPS) is 10.6. The number of fused-ring (bicyclic) bond motifs is 1. The van der Waals surface area contributed by atoms with Crippen LogP contribution in [0.5, 0.6) is 5.75 Å². The number of nitrogens with zero attached hydrogens (tertiary/aromatic N) is 1. The summed E-state index contributed by atoms with van der Waals surface area (Å²) in [5, 5.41) is 5.70. The van der Waals surface area contributed by atoms with Crippen molar-refractivity contribution in [1.82, 2.24) is 4.98 Å². The van der Waals surface area contributed by atoms with Crippen molar-refractivity contribution in [2.75, 3.05) is 11.9 Å². The Hall–Kier alpha value is -3.51. The summed E-state index contributed by atoms with van der Waals surface area (Å²) in [6.45, 7) is -0.191. The number of carbonyl (C=O) groups excluding carboxylic acids is 2. The van der Waals surface area contributed by atoms with Gasteiger partial charge in [0.05, 0.1) is 5.56 Å². The second kappa shape index (κ2) is 8.67. The van der Waals surface area contributed by atoms with Crippen LogP contribution in [0.25, 0.3) is 10.8 Å². The SMILES string of the molecule is O=Cc1ccccc1OCC(=O)Nc1ncc(Cc2cccc3ccccc23)s1. The zero-order valence-corrected chi connectivity index (χ0v) is 16.3. The Morgan fingerprint density at radius 2 is 1.83 bits per heavy atom. The molecule has 29 heavy (non-hydrogen) atoms. The Morgan fingerprint density at radius 3 is 2.72 bits per heavy atom. The number of ether oxygens (including phenoxy) is 1. The number of aldehydes is 1. The third kappa shape index (κ3) is 4.50. The molecular formula is C23H18N2O3S. The molecule has 5 nitrogen and oxygen atoms in total. The van der Waals surface area contributed by atoms with Gasteiger partial charge in [-0.15, -0.1) is 11.3 Å². The Bertz CT molecular complexity index is 1160. The molecule has 144 valence electrons. The molecule has 0 saturated heterocycles. The minimum Gasteiger partial charge on any atom is -0.483 e. The molecule has 0 aliphatic heterocycles. The average molecular weight is 402 g/mol. The number of carbonyl (C=O) groups is 2. The number of aromatic nitrogens is 1. The minimum absolute atomic E-state index is 0.191. The summed E-state index contributed by atoms with van der Waals surface area (Å²) >= 11 is 1.44. The van der Waals surface area contributed by atoms with Gasteiger partial charge in [0.2, 0.25) is 0 Å². The van der Waals surface area contributed by atoms with Crippen LogP contribution in [0, 0.1) is 0 Å². The molecule has 1 heterocycles. The van der Waals surface area contributed by atoms with Crippen molar-refractivity contribution in [3.05, 3.63) is 88.9 Å². The highest BCUT2D eigenvalue weighted by Gasteiger charge is 2.10. The van der Waals surface area contributed by atoms with Crippen molar-refractivity contribution >= 4 is 39.4 Å². The van der Waals surface area contributed by atoms with E-state index >= 15 is 0 Å². The molecule has 4 aromatic rings. The number of hydrogen-bond acceptors (Lipinski definition) is 5. The van der Waals surface area contributed by atoms with E-state index in [-0.39, 0.29) is 12.5 Å². The number of amides is 1. The predicted molar refractivity (Wildman–Crippen MR) is 115 cm³/mol. The van der Waals surface area contributed by atoms with Crippen molar-refractivity contribution in [1.29, 1.82) is 0 Å². The minimum atomic E-state index is -0.322. The van der Waals surface area contributed by atoms with Crippen LogP contribution in [0.1, 0.15) is 20.8 Å². The van der Waals surface area contributed by atoms with E-state index in [1.807, 2.05) is 12.1 Å². The van der Waals surface area contributed by atoms with Crippen LogP contribution in [-0.2, 0) is 11.2 Å². The van der Waals surface area contributed by atoms with Crippen LogP contribution in [0.3, 0.4) is 0 Å². The molecular weight excluding hydrogens is 384 g/mol. The first-order valence-electron chi connectivity index (χ1n) is 9.11. The lowest BCUT2D eigenvalue weighted by atomic mass is 10.0. The molecule has 0 saturated carbocycles. The molecule has 4 rings (SSSR count). The van der Waals surface area contributed by atoms with E-state index in [9.17, 15) is 9.59 Å². The quantitative estimate of drug-likeness (QED) is 0.454. The van der Waals surface area contributed by atoms with Gasteiger partial charge in [0.1, 0.15) is 5.75 Å². The Morgan fingerprint density at radius 1 is 1.03 bits per heavy atom. The van der Waals surface area contributed by atoms with Gasteiger partial charge < -0.3 is 4.74 Å². The fraction of sp³-hybridized carbons (Fsp3) is 0.0870. The zero-order valence-electron chi connectivity index (χ0n) is 15.5. The van der Waals surface area contributed by atoms with Gasteiger partial charge in [-0.2, -0.15) is 0 Å². The second-order valence-electron chi connectivity index (χ2n) is 6.44. The summed E-state index contributed by atoms with van der Waals surface area (Å²) in [6.07, 6.45) is 3.23. The van der Waals surface area contributed by atoms with Gasteiger partial charge in [-0.3, -0.25) is 14.9 Å². The largest absolute Gasteiger partial charge is 0.483 e.